The highest BCUT2D eigenvalue weighted by molar-refractivity contribution is 4.75. The fourth-order valence-electron chi connectivity index (χ4n) is 0.287. The molecule has 0 rings (SSSR count). The molecule has 0 aliphatic heterocycles. The normalized spacial score (nSPS) is 7.00. The van der Waals surface area contributed by atoms with Gasteiger partial charge in [-0.1, -0.05) is 12.2 Å². The molecule has 0 atom stereocenters. The molecule has 0 aromatic heterocycles. The highest BCUT2D eigenvalue weighted by Crippen LogP contribution is 1.59. The molecule has 0 saturated carbocycles. The van der Waals surface area contributed by atoms with Gasteiger partial charge >= 0.3 is 0 Å². The Morgan fingerprint density at radius 3 is 1.75 bits per heavy atom. The van der Waals surface area contributed by atoms with Gasteiger partial charge in [-0.2, -0.15) is 0 Å². The van der Waals surface area contributed by atoms with Crippen LogP contribution in [0.4, 0.5) is 0 Å². The van der Waals surface area contributed by atoms with E-state index in [1.165, 1.54) is 0 Å². The first kappa shape index (κ1) is 10.4. The highest BCUT2D eigenvalue weighted by atomic mass is 16.0. The Morgan fingerprint density at radius 2 is 1.50 bits per heavy atom. The Hall–Kier alpha value is -0.600. The van der Waals surface area contributed by atoms with Gasteiger partial charge in [0.25, 0.3) is 0 Å². The predicted molar refractivity (Wildman–Crippen MR) is 36.9 cm³/mol. The van der Waals surface area contributed by atoms with Crippen LogP contribution < -0.4 is 5.32 Å². The molecule has 2 heteroatoms. The standard InChI is InChI=1S/C6H11N.H2O/c1-3-5-7-6-4-2;/h3-4,7H,1-2,5-6H2;1H2. The summed E-state index contributed by atoms with van der Waals surface area (Å²) in [6.07, 6.45) is 3.65. The van der Waals surface area contributed by atoms with Crippen molar-refractivity contribution in [2.24, 2.45) is 0 Å². The SMILES string of the molecule is C=CCNCC=C.O. The number of rotatable bonds is 4. The Bertz CT molecular complexity index is 53.5. The lowest BCUT2D eigenvalue weighted by atomic mass is 10.5. The fourth-order valence-corrected chi connectivity index (χ4v) is 0.287. The van der Waals surface area contributed by atoms with E-state index < -0.39 is 0 Å². The van der Waals surface area contributed by atoms with E-state index in [0.29, 0.717) is 0 Å². The van der Waals surface area contributed by atoms with Gasteiger partial charge in [0.15, 0.2) is 0 Å². The van der Waals surface area contributed by atoms with E-state index in [0.717, 1.165) is 13.1 Å². The molecule has 3 N–H and O–H groups in total. The topological polar surface area (TPSA) is 43.5 Å². The molecule has 0 aromatic carbocycles. The summed E-state index contributed by atoms with van der Waals surface area (Å²) < 4.78 is 0. The van der Waals surface area contributed by atoms with Crippen LogP contribution in [-0.2, 0) is 0 Å². The minimum Gasteiger partial charge on any atom is -0.412 e. The van der Waals surface area contributed by atoms with Crippen molar-refractivity contribution in [2.75, 3.05) is 13.1 Å². The van der Waals surface area contributed by atoms with Gasteiger partial charge in [0, 0.05) is 13.1 Å². The molecular formula is C6H13NO. The van der Waals surface area contributed by atoms with Crippen LogP contribution in [0.25, 0.3) is 0 Å². The van der Waals surface area contributed by atoms with Gasteiger partial charge in [-0.05, 0) is 0 Å². The monoisotopic (exact) mass is 115 g/mol. The van der Waals surface area contributed by atoms with E-state index in [1.807, 2.05) is 12.2 Å². The second-order valence-electron chi connectivity index (χ2n) is 1.24. The lowest BCUT2D eigenvalue weighted by Gasteiger charge is -1.90. The summed E-state index contributed by atoms with van der Waals surface area (Å²) in [5.41, 5.74) is 0. The van der Waals surface area contributed by atoms with Gasteiger partial charge in [0.05, 0.1) is 0 Å². The molecule has 0 fully saturated rings. The smallest absolute Gasteiger partial charge is 0.0135 e. The first-order valence-corrected chi connectivity index (χ1v) is 2.34. The van der Waals surface area contributed by atoms with E-state index in [2.05, 4.69) is 18.5 Å². The van der Waals surface area contributed by atoms with Crippen LogP contribution in [0.1, 0.15) is 0 Å². The fraction of sp³-hybridized carbons (Fsp3) is 0.333. The average Bonchev–Trinajstić information content (AvgIpc) is 1.69. The maximum Gasteiger partial charge on any atom is 0.0135 e. The second kappa shape index (κ2) is 9.64. The van der Waals surface area contributed by atoms with E-state index in [9.17, 15) is 0 Å². The molecule has 0 saturated heterocycles. The van der Waals surface area contributed by atoms with Crippen LogP contribution in [0.2, 0.25) is 0 Å². The molecule has 8 heavy (non-hydrogen) atoms. The summed E-state index contributed by atoms with van der Waals surface area (Å²) in [5.74, 6) is 0. The third-order valence-corrected chi connectivity index (χ3v) is 0.577. The summed E-state index contributed by atoms with van der Waals surface area (Å²) in [7, 11) is 0. The maximum atomic E-state index is 3.54. The van der Waals surface area contributed by atoms with Gasteiger partial charge in [-0.25, -0.2) is 0 Å². The molecule has 0 aliphatic carbocycles. The van der Waals surface area contributed by atoms with Crippen molar-refractivity contribution >= 4 is 0 Å². The van der Waals surface area contributed by atoms with Gasteiger partial charge in [0.2, 0.25) is 0 Å². The van der Waals surface area contributed by atoms with Crippen LogP contribution in [0.3, 0.4) is 0 Å². The molecule has 48 valence electrons. The molecule has 0 amide bonds. The summed E-state index contributed by atoms with van der Waals surface area (Å²) in [4.78, 5) is 0. The average molecular weight is 115 g/mol. The quantitative estimate of drug-likeness (QED) is 0.410. The number of hydrogen-bond donors (Lipinski definition) is 1. The van der Waals surface area contributed by atoms with Crippen LogP contribution in [0.15, 0.2) is 25.3 Å². The molecule has 0 aromatic rings. The predicted octanol–water partition coefficient (Wildman–Crippen LogP) is 0.123. The Kier molecular flexibility index (Phi) is 12.5. The number of nitrogens with one attached hydrogen (secondary N) is 1. The molecule has 0 heterocycles. The van der Waals surface area contributed by atoms with Crippen molar-refractivity contribution < 1.29 is 5.48 Å². The van der Waals surface area contributed by atoms with Gasteiger partial charge in [0.1, 0.15) is 0 Å². The van der Waals surface area contributed by atoms with Crippen molar-refractivity contribution in [1.82, 2.24) is 5.32 Å². The zero-order valence-electron chi connectivity index (χ0n) is 4.98. The van der Waals surface area contributed by atoms with E-state index >= 15 is 0 Å². The van der Waals surface area contributed by atoms with Gasteiger partial charge in [-0.15, -0.1) is 13.2 Å². The summed E-state index contributed by atoms with van der Waals surface area (Å²) in [6.45, 7) is 8.81. The molecule has 0 bridgehead atoms. The molecule has 0 unspecified atom stereocenters. The van der Waals surface area contributed by atoms with Crippen molar-refractivity contribution in [3.8, 4) is 0 Å². The van der Waals surface area contributed by atoms with Crippen LogP contribution in [-0.4, -0.2) is 18.6 Å². The lowest BCUT2D eigenvalue weighted by molar-refractivity contribution is 0.824. The summed E-state index contributed by atoms with van der Waals surface area (Å²) in [5, 5.41) is 3.05. The molecule has 0 radical (unpaired) electrons. The minimum atomic E-state index is 0. The molecular weight excluding hydrogens is 102 g/mol. The van der Waals surface area contributed by atoms with Gasteiger partial charge < -0.3 is 10.8 Å². The van der Waals surface area contributed by atoms with Crippen LogP contribution >= 0.6 is 0 Å². The van der Waals surface area contributed by atoms with E-state index in [-0.39, 0.29) is 5.48 Å². The minimum absolute atomic E-state index is 0. The van der Waals surface area contributed by atoms with Crippen molar-refractivity contribution in [2.45, 2.75) is 0 Å². The molecule has 0 spiro atoms. The Morgan fingerprint density at radius 1 is 1.12 bits per heavy atom. The molecule has 2 nitrogen and oxygen atoms in total. The first-order chi connectivity index (χ1) is 3.41. The first-order valence-electron chi connectivity index (χ1n) is 2.34. The summed E-state index contributed by atoms with van der Waals surface area (Å²) in [6, 6.07) is 0. The van der Waals surface area contributed by atoms with Crippen LogP contribution in [0, 0.1) is 0 Å². The Labute approximate surface area is 50.2 Å². The maximum absolute atomic E-state index is 3.54. The van der Waals surface area contributed by atoms with Gasteiger partial charge in [-0.3, -0.25) is 0 Å². The largest absolute Gasteiger partial charge is 0.412 e. The molecule has 0 aliphatic rings. The van der Waals surface area contributed by atoms with Crippen molar-refractivity contribution in [1.29, 1.82) is 0 Å². The van der Waals surface area contributed by atoms with E-state index in [1.54, 1.807) is 0 Å². The Balaban J connectivity index is 0. The zero-order valence-corrected chi connectivity index (χ0v) is 4.98. The number of hydrogen-bond acceptors (Lipinski definition) is 1. The lowest BCUT2D eigenvalue weighted by Crippen LogP contribution is -2.11. The second-order valence-corrected chi connectivity index (χ2v) is 1.24. The highest BCUT2D eigenvalue weighted by Gasteiger charge is 1.69. The van der Waals surface area contributed by atoms with Crippen molar-refractivity contribution in [3.63, 3.8) is 0 Å². The zero-order chi connectivity index (χ0) is 5.54. The summed E-state index contributed by atoms with van der Waals surface area (Å²) >= 11 is 0. The third kappa shape index (κ3) is 9.04. The van der Waals surface area contributed by atoms with Crippen molar-refractivity contribution in [3.05, 3.63) is 25.3 Å². The van der Waals surface area contributed by atoms with E-state index in [4.69, 9.17) is 0 Å². The van der Waals surface area contributed by atoms with Crippen LogP contribution in [0.5, 0.6) is 0 Å². The third-order valence-electron chi connectivity index (χ3n) is 0.577.